The first-order valence-corrected chi connectivity index (χ1v) is 10.00. The number of carbonyl (C=O) groups is 2. The highest BCUT2D eigenvalue weighted by Gasteiger charge is 2.66. The Morgan fingerprint density at radius 3 is 2.60 bits per heavy atom. The van der Waals surface area contributed by atoms with Gasteiger partial charge in [0.2, 0.25) is 11.8 Å². The topological polar surface area (TPSA) is 84.1 Å². The summed E-state index contributed by atoms with van der Waals surface area (Å²) in [5.41, 5.74) is 2.50. The number of carbonyl (C=O) groups excluding carboxylic acids is 2. The van der Waals surface area contributed by atoms with Crippen LogP contribution in [0, 0.1) is 23.2 Å². The summed E-state index contributed by atoms with van der Waals surface area (Å²) in [5, 5.41) is 9.90. The number of imide groups is 1. The number of benzene rings is 2. The molecule has 0 radical (unpaired) electrons. The lowest BCUT2D eigenvalue weighted by atomic mass is 9.85. The number of hydrogen-bond acceptors (Lipinski definition) is 5. The summed E-state index contributed by atoms with van der Waals surface area (Å²) < 4.78 is 11.2. The number of hydrogen-bond donors (Lipinski definition) is 1. The van der Waals surface area contributed by atoms with Crippen molar-refractivity contribution in [2.24, 2.45) is 11.8 Å². The van der Waals surface area contributed by atoms with Crippen molar-refractivity contribution >= 4 is 23.6 Å². The maximum absolute atomic E-state index is 13.6. The van der Waals surface area contributed by atoms with Crippen molar-refractivity contribution in [2.75, 3.05) is 18.1 Å². The minimum atomic E-state index is -0.675. The molecule has 2 saturated heterocycles. The Balaban J connectivity index is 1.44. The Morgan fingerprint density at radius 1 is 1.00 bits per heavy atom. The summed E-state index contributed by atoms with van der Waals surface area (Å²) in [7, 11) is 0. The first kappa shape index (κ1) is 17.2. The number of anilines is 1. The predicted octanol–water partition coefficient (Wildman–Crippen LogP) is 1.08. The summed E-state index contributed by atoms with van der Waals surface area (Å²) in [5.74, 6) is -0.705. The molecule has 4 aliphatic rings. The summed E-state index contributed by atoms with van der Waals surface area (Å²) in [4.78, 5) is 29.1. The molecule has 2 aromatic carbocycles. The fraction of sp³-hybridized carbons (Fsp3) is 0.261. The van der Waals surface area contributed by atoms with E-state index < -0.39 is 17.9 Å². The van der Waals surface area contributed by atoms with E-state index in [0.717, 1.165) is 16.0 Å². The van der Waals surface area contributed by atoms with Crippen LogP contribution in [-0.4, -0.2) is 31.1 Å². The van der Waals surface area contributed by atoms with Gasteiger partial charge in [0.15, 0.2) is 17.5 Å². The van der Waals surface area contributed by atoms with Crippen LogP contribution in [0.2, 0.25) is 0 Å². The molecule has 7 nitrogen and oxygen atoms in total. The van der Waals surface area contributed by atoms with Crippen LogP contribution >= 0.6 is 0 Å². The number of nitrogens with one attached hydrogen (secondary N) is 1. The third-order valence-electron chi connectivity index (χ3n) is 6.54. The Morgan fingerprint density at radius 2 is 1.77 bits per heavy atom. The van der Waals surface area contributed by atoms with Gasteiger partial charge in [-0.15, -0.1) is 0 Å². The molecule has 0 aliphatic carbocycles. The average molecular weight is 400 g/mol. The van der Waals surface area contributed by atoms with E-state index in [2.05, 4.69) is 6.07 Å². The van der Waals surface area contributed by atoms with Gasteiger partial charge in [-0.3, -0.25) is 14.5 Å². The van der Waals surface area contributed by atoms with Crippen LogP contribution < -0.4 is 19.3 Å². The fourth-order valence-corrected chi connectivity index (χ4v) is 5.31. The first-order chi connectivity index (χ1) is 14.7. The lowest BCUT2D eigenvalue weighted by Crippen LogP contribution is -3.10. The summed E-state index contributed by atoms with van der Waals surface area (Å²) in [6.45, 7) is 0.888. The van der Waals surface area contributed by atoms with E-state index in [-0.39, 0.29) is 17.9 Å². The maximum atomic E-state index is 13.6. The van der Waals surface area contributed by atoms with E-state index in [9.17, 15) is 14.9 Å². The third kappa shape index (κ3) is 2.17. The van der Waals surface area contributed by atoms with E-state index in [4.69, 9.17) is 9.47 Å². The molecule has 4 aliphatic heterocycles. The van der Waals surface area contributed by atoms with E-state index in [0.29, 0.717) is 30.4 Å². The monoisotopic (exact) mass is 400 g/mol. The Bertz CT molecular complexity index is 1170. The largest absolute Gasteiger partial charge is 0.486 e. The molecule has 30 heavy (non-hydrogen) atoms. The molecule has 0 bridgehead atoms. The van der Waals surface area contributed by atoms with Crippen molar-refractivity contribution in [3.8, 4) is 17.6 Å². The number of rotatable bonds is 1. The molecule has 0 saturated carbocycles. The van der Waals surface area contributed by atoms with Gasteiger partial charge in [-0.1, -0.05) is 24.3 Å². The smallest absolute Gasteiger partial charge is 0.245 e. The van der Waals surface area contributed by atoms with Crippen LogP contribution in [-0.2, 0) is 9.59 Å². The van der Waals surface area contributed by atoms with Gasteiger partial charge in [-0.2, -0.15) is 5.26 Å². The van der Waals surface area contributed by atoms with Gasteiger partial charge in [0.25, 0.3) is 0 Å². The van der Waals surface area contributed by atoms with E-state index in [1.54, 1.807) is 18.2 Å². The summed E-state index contributed by atoms with van der Waals surface area (Å²) in [6, 6.07) is 14.4. The number of quaternary nitrogens is 1. The molecule has 5 atom stereocenters. The van der Waals surface area contributed by atoms with Gasteiger partial charge in [-0.25, -0.2) is 4.90 Å². The van der Waals surface area contributed by atoms with Gasteiger partial charge in [-0.05, 0) is 23.8 Å². The minimum Gasteiger partial charge on any atom is -0.486 e. The number of nitrogens with zero attached hydrogens (tertiary/aromatic N) is 2. The molecule has 1 N–H and O–H groups in total. The van der Waals surface area contributed by atoms with Crippen LogP contribution in [0.3, 0.4) is 0 Å². The molecule has 0 spiro atoms. The zero-order valence-electron chi connectivity index (χ0n) is 15.9. The zero-order valence-corrected chi connectivity index (χ0v) is 15.9. The standard InChI is InChI=1S/C23H17N3O4/c24-12-16-19-20(21-15-4-2-1-3-13(15)7-8-25(16)21)23(28)26(22(19)27)14-5-6-17-18(11-14)30-10-9-29-17/h1-8,11,16,19-21H,9-10H2/p+1/t16-,19+,20+,21+/m1/s1. The Hall–Kier alpha value is -3.63. The van der Waals surface area contributed by atoms with Gasteiger partial charge in [0, 0.05) is 11.6 Å². The average Bonchev–Trinajstić information content (AvgIpc) is 3.25. The molecule has 0 aromatic heterocycles. The maximum Gasteiger partial charge on any atom is 0.245 e. The second kappa shape index (κ2) is 6.18. The Kier molecular flexibility index (Phi) is 3.55. The van der Waals surface area contributed by atoms with Crippen LogP contribution in [0.25, 0.3) is 6.08 Å². The van der Waals surface area contributed by atoms with Crippen molar-refractivity contribution in [3.63, 3.8) is 0 Å². The number of ether oxygens (including phenoxy) is 2. The Labute approximate surface area is 172 Å². The molecular weight excluding hydrogens is 382 g/mol. The van der Waals surface area contributed by atoms with Crippen LogP contribution in [0.15, 0.2) is 48.7 Å². The molecule has 2 fully saturated rings. The lowest BCUT2D eigenvalue weighted by Gasteiger charge is -2.29. The summed E-state index contributed by atoms with van der Waals surface area (Å²) in [6.07, 6.45) is 3.90. The normalized spacial score (nSPS) is 30.5. The molecule has 2 aromatic rings. The van der Waals surface area contributed by atoms with Crippen molar-refractivity contribution in [3.05, 3.63) is 59.8 Å². The highest BCUT2D eigenvalue weighted by Crippen LogP contribution is 2.45. The van der Waals surface area contributed by atoms with E-state index in [1.165, 1.54) is 4.90 Å². The predicted molar refractivity (Wildman–Crippen MR) is 105 cm³/mol. The highest BCUT2D eigenvalue weighted by molar-refractivity contribution is 6.23. The van der Waals surface area contributed by atoms with E-state index >= 15 is 0 Å². The third-order valence-corrected chi connectivity index (χ3v) is 6.54. The van der Waals surface area contributed by atoms with Gasteiger partial charge >= 0.3 is 0 Å². The number of amides is 2. The number of fused-ring (bicyclic) bond motifs is 6. The van der Waals surface area contributed by atoms with Crippen LogP contribution in [0.1, 0.15) is 17.2 Å². The molecule has 4 heterocycles. The fourth-order valence-electron chi connectivity index (χ4n) is 5.31. The van der Waals surface area contributed by atoms with E-state index in [1.807, 2.05) is 36.5 Å². The molecule has 7 heteroatoms. The quantitative estimate of drug-likeness (QED) is 0.725. The molecule has 2 amide bonds. The number of nitriles is 1. The SMILES string of the molecule is N#C[C@@H]1[C@@H]2C(=O)N(c3ccc4c(c3)OCCO4)C(=O)[C@@H]2[C@@H]2c3ccccc3C=C[NH+]12. The summed E-state index contributed by atoms with van der Waals surface area (Å²) >= 11 is 0. The second-order valence-electron chi connectivity index (χ2n) is 7.94. The van der Waals surface area contributed by atoms with Gasteiger partial charge < -0.3 is 9.47 Å². The van der Waals surface area contributed by atoms with Gasteiger partial charge in [0.05, 0.1) is 11.9 Å². The van der Waals surface area contributed by atoms with Crippen molar-refractivity contribution in [2.45, 2.75) is 12.1 Å². The minimum absolute atomic E-state index is 0.250. The van der Waals surface area contributed by atoms with Crippen molar-refractivity contribution < 1.29 is 24.0 Å². The van der Waals surface area contributed by atoms with Crippen molar-refractivity contribution in [1.82, 2.24) is 0 Å². The zero-order chi connectivity index (χ0) is 20.4. The lowest BCUT2D eigenvalue weighted by molar-refractivity contribution is -0.885. The van der Waals surface area contributed by atoms with Crippen LogP contribution in [0.4, 0.5) is 5.69 Å². The molecule has 6 rings (SSSR count). The van der Waals surface area contributed by atoms with Gasteiger partial charge in [0.1, 0.15) is 37.2 Å². The second-order valence-corrected chi connectivity index (χ2v) is 7.94. The molecule has 1 unspecified atom stereocenters. The van der Waals surface area contributed by atoms with Crippen molar-refractivity contribution in [1.29, 1.82) is 5.26 Å². The first-order valence-electron chi connectivity index (χ1n) is 10.00. The van der Waals surface area contributed by atoms with Crippen LogP contribution in [0.5, 0.6) is 11.5 Å². The molecular formula is C23H18N3O4+. The highest BCUT2D eigenvalue weighted by atomic mass is 16.6. The molecule has 148 valence electrons.